The van der Waals surface area contributed by atoms with Crippen LogP contribution in [0.4, 0.5) is 4.79 Å². The van der Waals surface area contributed by atoms with Crippen LogP contribution >= 0.6 is 11.3 Å². The van der Waals surface area contributed by atoms with E-state index in [9.17, 15) is 9.90 Å². The molecule has 0 spiro atoms. The molecule has 2 rings (SSSR count). The second-order valence-corrected chi connectivity index (χ2v) is 6.62. The van der Waals surface area contributed by atoms with Crippen molar-refractivity contribution in [2.24, 2.45) is 0 Å². The maximum Gasteiger partial charge on any atom is 0.315 e. The van der Waals surface area contributed by atoms with Gasteiger partial charge in [0.05, 0.1) is 12.1 Å². The van der Waals surface area contributed by atoms with Crippen molar-refractivity contribution in [1.82, 2.24) is 15.6 Å². The van der Waals surface area contributed by atoms with Crippen molar-refractivity contribution in [3.8, 4) is 0 Å². The summed E-state index contributed by atoms with van der Waals surface area (Å²) in [7, 11) is 0. The Morgan fingerprint density at radius 2 is 1.96 bits per heavy atom. The Morgan fingerprint density at radius 3 is 2.57 bits per heavy atom. The number of hydrogen-bond acceptors (Lipinski definition) is 4. The molecule has 0 saturated heterocycles. The standard InChI is InChI=1S/C17H23N3O2S/c1-11(9-15(21)14-7-5-4-6-8-14)19-17(22)20-13(3)16-18-12(2)10-23-16/h4-8,10-11,13,15,21H,9H2,1-3H3,(H2,19,20,22). The van der Waals surface area contributed by atoms with E-state index >= 15 is 0 Å². The molecule has 5 nitrogen and oxygen atoms in total. The Morgan fingerprint density at radius 1 is 1.26 bits per heavy atom. The molecule has 0 aliphatic rings. The highest BCUT2D eigenvalue weighted by Crippen LogP contribution is 2.19. The fourth-order valence-corrected chi connectivity index (χ4v) is 3.10. The molecule has 1 aromatic carbocycles. The quantitative estimate of drug-likeness (QED) is 0.759. The Hall–Kier alpha value is -1.92. The zero-order chi connectivity index (χ0) is 16.8. The monoisotopic (exact) mass is 333 g/mol. The number of thiazole rings is 1. The van der Waals surface area contributed by atoms with E-state index in [1.807, 2.05) is 56.5 Å². The van der Waals surface area contributed by atoms with Crippen LogP contribution in [-0.2, 0) is 0 Å². The van der Waals surface area contributed by atoms with E-state index in [0.29, 0.717) is 6.42 Å². The number of nitrogens with one attached hydrogen (secondary N) is 2. The number of amides is 2. The number of aryl methyl sites for hydroxylation is 1. The average molecular weight is 333 g/mol. The normalized spacial score (nSPS) is 14.8. The van der Waals surface area contributed by atoms with E-state index in [1.54, 1.807) is 0 Å². The van der Waals surface area contributed by atoms with Crippen molar-refractivity contribution < 1.29 is 9.90 Å². The SMILES string of the molecule is Cc1csc(C(C)NC(=O)NC(C)CC(O)c2ccccc2)n1. The van der Waals surface area contributed by atoms with Gasteiger partial charge in [0.15, 0.2) is 0 Å². The first-order chi connectivity index (χ1) is 11.0. The number of benzene rings is 1. The zero-order valence-electron chi connectivity index (χ0n) is 13.6. The number of hydrogen-bond donors (Lipinski definition) is 3. The highest BCUT2D eigenvalue weighted by atomic mass is 32.1. The number of carbonyl (C=O) groups is 1. The third-order valence-corrected chi connectivity index (χ3v) is 4.64. The van der Waals surface area contributed by atoms with Crippen LogP contribution in [0.15, 0.2) is 35.7 Å². The molecule has 0 fully saturated rings. The molecule has 2 amide bonds. The average Bonchev–Trinajstić information content (AvgIpc) is 2.94. The molecular weight excluding hydrogens is 310 g/mol. The second-order valence-electron chi connectivity index (χ2n) is 5.73. The molecule has 3 atom stereocenters. The van der Waals surface area contributed by atoms with Crippen LogP contribution in [0.25, 0.3) is 0 Å². The molecule has 1 heterocycles. The van der Waals surface area contributed by atoms with Crippen molar-refractivity contribution in [1.29, 1.82) is 0 Å². The van der Waals surface area contributed by atoms with Crippen molar-refractivity contribution in [2.75, 3.05) is 0 Å². The first kappa shape index (κ1) is 17.4. The smallest absolute Gasteiger partial charge is 0.315 e. The van der Waals surface area contributed by atoms with Gasteiger partial charge in [-0.25, -0.2) is 9.78 Å². The maximum absolute atomic E-state index is 12.0. The summed E-state index contributed by atoms with van der Waals surface area (Å²) in [6.45, 7) is 5.71. The summed E-state index contributed by atoms with van der Waals surface area (Å²) in [6, 6.07) is 8.91. The highest BCUT2D eigenvalue weighted by molar-refractivity contribution is 7.09. The molecule has 0 aliphatic heterocycles. The van der Waals surface area contributed by atoms with Gasteiger partial charge in [-0.3, -0.25) is 0 Å². The van der Waals surface area contributed by atoms with Crippen molar-refractivity contribution in [2.45, 2.75) is 45.4 Å². The number of urea groups is 1. The molecule has 3 unspecified atom stereocenters. The third kappa shape index (κ3) is 5.33. The first-order valence-corrected chi connectivity index (χ1v) is 8.55. The lowest BCUT2D eigenvalue weighted by molar-refractivity contribution is 0.154. The summed E-state index contributed by atoms with van der Waals surface area (Å²) in [5.41, 5.74) is 1.81. The number of carbonyl (C=O) groups excluding carboxylic acids is 1. The first-order valence-electron chi connectivity index (χ1n) is 7.67. The van der Waals surface area contributed by atoms with E-state index < -0.39 is 6.10 Å². The topological polar surface area (TPSA) is 74.2 Å². The Kier molecular flexibility index (Phi) is 6.12. The lowest BCUT2D eigenvalue weighted by atomic mass is 10.0. The summed E-state index contributed by atoms with van der Waals surface area (Å²) in [4.78, 5) is 16.4. The Labute approximate surface area is 140 Å². The number of rotatable bonds is 6. The van der Waals surface area contributed by atoms with Gasteiger partial charge in [-0.1, -0.05) is 30.3 Å². The summed E-state index contributed by atoms with van der Waals surface area (Å²) in [6.07, 6.45) is -0.132. The minimum Gasteiger partial charge on any atom is -0.388 e. The minimum absolute atomic E-state index is 0.139. The molecular formula is C17H23N3O2S. The van der Waals surface area contributed by atoms with E-state index in [4.69, 9.17) is 0 Å². The molecule has 6 heteroatoms. The molecule has 124 valence electrons. The fraction of sp³-hybridized carbons (Fsp3) is 0.412. The van der Waals surface area contributed by atoms with Crippen molar-refractivity contribution in [3.63, 3.8) is 0 Å². The lowest BCUT2D eigenvalue weighted by Crippen LogP contribution is -2.42. The summed E-state index contributed by atoms with van der Waals surface area (Å²) >= 11 is 1.53. The molecule has 2 aromatic rings. The van der Waals surface area contributed by atoms with Crippen LogP contribution in [0.2, 0.25) is 0 Å². The van der Waals surface area contributed by atoms with Crippen LogP contribution in [0.5, 0.6) is 0 Å². The van der Waals surface area contributed by atoms with E-state index in [1.165, 1.54) is 11.3 Å². The van der Waals surface area contributed by atoms with Gasteiger partial charge in [0.2, 0.25) is 0 Å². The van der Waals surface area contributed by atoms with Crippen LogP contribution in [0.1, 0.15) is 48.7 Å². The number of nitrogens with zero attached hydrogens (tertiary/aromatic N) is 1. The fourth-order valence-electron chi connectivity index (χ4n) is 2.30. The molecule has 0 bridgehead atoms. The van der Waals surface area contributed by atoms with E-state index in [0.717, 1.165) is 16.3 Å². The van der Waals surface area contributed by atoms with Gasteiger partial charge in [0.25, 0.3) is 0 Å². The number of aromatic nitrogens is 1. The van der Waals surface area contributed by atoms with Crippen LogP contribution in [0, 0.1) is 6.92 Å². The number of aliphatic hydroxyl groups is 1. The molecule has 1 aromatic heterocycles. The Bertz CT molecular complexity index is 630. The van der Waals surface area contributed by atoms with Crippen molar-refractivity contribution in [3.05, 3.63) is 52.0 Å². The minimum atomic E-state index is -0.592. The summed E-state index contributed by atoms with van der Waals surface area (Å²) in [5.74, 6) is 0. The summed E-state index contributed by atoms with van der Waals surface area (Å²) in [5, 5.41) is 18.8. The van der Waals surface area contributed by atoms with Gasteiger partial charge in [0.1, 0.15) is 5.01 Å². The predicted molar refractivity (Wildman–Crippen MR) is 92.4 cm³/mol. The molecule has 0 radical (unpaired) electrons. The van der Waals surface area contributed by atoms with Crippen molar-refractivity contribution >= 4 is 17.4 Å². The predicted octanol–water partition coefficient (Wildman–Crippen LogP) is 3.32. The number of aliphatic hydroxyl groups excluding tert-OH is 1. The lowest BCUT2D eigenvalue weighted by Gasteiger charge is -2.20. The zero-order valence-corrected chi connectivity index (χ0v) is 14.4. The van der Waals surface area contributed by atoms with Crippen LogP contribution < -0.4 is 10.6 Å². The molecule has 3 N–H and O–H groups in total. The van der Waals surface area contributed by atoms with Gasteiger partial charge in [-0.05, 0) is 32.8 Å². The largest absolute Gasteiger partial charge is 0.388 e. The maximum atomic E-state index is 12.0. The Balaban J connectivity index is 1.80. The van der Waals surface area contributed by atoms with Gasteiger partial charge < -0.3 is 15.7 Å². The molecule has 23 heavy (non-hydrogen) atoms. The van der Waals surface area contributed by atoms with E-state index in [-0.39, 0.29) is 18.1 Å². The third-order valence-electron chi connectivity index (χ3n) is 3.49. The van der Waals surface area contributed by atoms with Crippen LogP contribution in [0.3, 0.4) is 0 Å². The molecule has 0 saturated carbocycles. The highest BCUT2D eigenvalue weighted by Gasteiger charge is 2.17. The van der Waals surface area contributed by atoms with Gasteiger partial charge in [-0.15, -0.1) is 11.3 Å². The van der Waals surface area contributed by atoms with Gasteiger partial charge in [0, 0.05) is 17.1 Å². The molecule has 0 aliphatic carbocycles. The van der Waals surface area contributed by atoms with E-state index in [2.05, 4.69) is 15.6 Å². The van der Waals surface area contributed by atoms with Crippen LogP contribution in [-0.4, -0.2) is 22.2 Å². The van der Waals surface area contributed by atoms with Gasteiger partial charge >= 0.3 is 6.03 Å². The summed E-state index contributed by atoms with van der Waals surface area (Å²) < 4.78 is 0. The second kappa shape index (κ2) is 8.08. The van der Waals surface area contributed by atoms with Gasteiger partial charge in [-0.2, -0.15) is 0 Å².